The van der Waals surface area contributed by atoms with E-state index in [-0.39, 0.29) is 6.04 Å². The summed E-state index contributed by atoms with van der Waals surface area (Å²) in [6, 6.07) is 5.65. The molecule has 0 saturated carbocycles. The van der Waals surface area contributed by atoms with Crippen LogP contribution in [0.2, 0.25) is 0 Å². The molecular weight excluding hydrogens is 270 g/mol. The highest BCUT2D eigenvalue weighted by Gasteiger charge is 2.17. The number of aryl methyl sites for hydroxylation is 1. The van der Waals surface area contributed by atoms with E-state index in [0.717, 1.165) is 15.6 Å². The van der Waals surface area contributed by atoms with Crippen LogP contribution in [-0.4, -0.2) is 11.1 Å². The molecule has 0 bridgehead atoms. The predicted octanol–water partition coefficient (Wildman–Crippen LogP) is 2.87. The Morgan fingerprint density at radius 1 is 1.56 bits per heavy atom. The fraction of sp³-hybridized carbons (Fsp3) is 0.417. The summed E-state index contributed by atoms with van der Waals surface area (Å²) >= 11 is 3.39. The van der Waals surface area contributed by atoms with E-state index in [2.05, 4.69) is 15.9 Å². The van der Waals surface area contributed by atoms with Gasteiger partial charge in [0.2, 0.25) is 0 Å². The molecule has 3 N–H and O–H groups in total. The maximum atomic E-state index is 10.8. The summed E-state index contributed by atoms with van der Waals surface area (Å²) < 4.78 is 0.964. The fourth-order valence-corrected chi connectivity index (χ4v) is 2.00. The Hall–Kier alpha value is -0.870. The molecule has 0 aromatic heterocycles. The summed E-state index contributed by atoms with van der Waals surface area (Å²) in [5, 5.41) is 8.84. The van der Waals surface area contributed by atoms with Gasteiger partial charge >= 0.3 is 5.97 Å². The lowest BCUT2D eigenvalue weighted by Crippen LogP contribution is -2.19. The number of halogens is 1. The standard InChI is InChI=1S/C12H16BrNO2/c1-7-3-4-9(13)6-10(7)11(14)5-8(2)12(15)16/h3-4,6,8,11H,5,14H2,1-2H3,(H,15,16). The van der Waals surface area contributed by atoms with Crippen LogP contribution in [0.3, 0.4) is 0 Å². The van der Waals surface area contributed by atoms with Crippen LogP contribution in [0.15, 0.2) is 22.7 Å². The first kappa shape index (κ1) is 13.2. The smallest absolute Gasteiger partial charge is 0.306 e. The monoisotopic (exact) mass is 285 g/mol. The number of hydrogen-bond acceptors (Lipinski definition) is 2. The van der Waals surface area contributed by atoms with Gasteiger partial charge in [-0.2, -0.15) is 0 Å². The van der Waals surface area contributed by atoms with Gasteiger partial charge < -0.3 is 10.8 Å². The number of carbonyl (C=O) groups is 1. The number of aliphatic carboxylic acids is 1. The van der Waals surface area contributed by atoms with Crippen LogP contribution in [0.25, 0.3) is 0 Å². The molecular formula is C12H16BrNO2. The lowest BCUT2D eigenvalue weighted by atomic mass is 9.94. The first-order valence-electron chi connectivity index (χ1n) is 5.16. The van der Waals surface area contributed by atoms with Crippen molar-refractivity contribution >= 4 is 21.9 Å². The molecule has 0 aliphatic carbocycles. The van der Waals surface area contributed by atoms with Gasteiger partial charge in [0, 0.05) is 10.5 Å². The largest absolute Gasteiger partial charge is 0.481 e. The zero-order valence-electron chi connectivity index (χ0n) is 9.40. The summed E-state index contributed by atoms with van der Waals surface area (Å²) in [5.74, 6) is -1.23. The normalized spacial score (nSPS) is 14.5. The Balaban J connectivity index is 2.83. The molecule has 0 aliphatic heterocycles. The maximum Gasteiger partial charge on any atom is 0.306 e. The minimum absolute atomic E-state index is 0.233. The molecule has 0 radical (unpaired) electrons. The fourth-order valence-electron chi connectivity index (χ4n) is 1.62. The molecule has 0 fully saturated rings. The van der Waals surface area contributed by atoms with Crippen LogP contribution < -0.4 is 5.73 Å². The average molecular weight is 286 g/mol. The van der Waals surface area contributed by atoms with Crippen molar-refractivity contribution in [3.63, 3.8) is 0 Å². The molecule has 3 nitrogen and oxygen atoms in total. The Kier molecular flexibility index (Phi) is 4.50. The van der Waals surface area contributed by atoms with Gasteiger partial charge in [0.25, 0.3) is 0 Å². The van der Waals surface area contributed by atoms with E-state index < -0.39 is 11.9 Å². The van der Waals surface area contributed by atoms with Crippen molar-refractivity contribution in [1.82, 2.24) is 0 Å². The number of rotatable bonds is 4. The van der Waals surface area contributed by atoms with Gasteiger partial charge in [-0.05, 0) is 36.6 Å². The molecule has 1 aromatic rings. The van der Waals surface area contributed by atoms with Gasteiger partial charge in [-0.1, -0.05) is 28.9 Å². The first-order valence-corrected chi connectivity index (χ1v) is 5.95. The highest BCUT2D eigenvalue weighted by molar-refractivity contribution is 9.10. The molecule has 2 atom stereocenters. The molecule has 1 aromatic carbocycles. The topological polar surface area (TPSA) is 63.3 Å². The zero-order chi connectivity index (χ0) is 12.3. The van der Waals surface area contributed by atoms with Crippen molar-refractivity contribution in [2.75, 3.05) is 0 Å². The molecule has 4 heteroatoms. The molecule has 0 heterocycles. The Labute approximate surface area is 104 Å². The van der Waals surface area contributed by atoms with E-state index in [0.29, 0.717) is 6.42 Å². The number of carboxylic acids is 1. The first-order chi connectivity index (χ1) is 7.41. The number of nitrogens with two attached hydrogens (primary N) is 1. The third kappa shape index (κ3) is 3.32. The Morgan fingerprint density at radius 3 is 2.75 bits per heavy atom. The summed E-state index contributed by atoms with van der Waals surface area (Å²) in [7, 11) is 0. The average Bonchev–Trinajstić information content (AvgIpc) is 2.21. The minimum Gasteiger partial charge on any atom is -0.481 e. The van der Waals surface area contributed by atoms with Crippen molar-refractivity contribution in [2.24, 2.45) is 11.7 Å². The maximum absolute atomic E-state index is 10.8. The van der Waals surface area contributed by atoms with E-state index in [1.54, 1.807) is 6.92 Å². The van der Waals surface area contributed by atoms with E-state index in [1.165, 1.54) is 0 Å². The van der Waals surface area contributed by atoms with Crippen molar-refractivity contribution in [1.29, 1.82) is 0 Å². The van der Waals surface area contributed by atoms with Gasteiger partial charge in [0.05, 0.1) is 5.92 Å². The molecule has 0 amide bonds. The molecule has 16 heavy (non-hydrogen) atoms. The quantitative estimate of drug-likeness (QED) is 0.894. The summed E-state index contributed by atoms with van der Waals surface area (Å²) in [6.45, 7) is 3.66. The molecule has 0 saturated heterocycles. The van der Waals surface area contributed by atoms with Crippen LogP contribution in [-0.2, 0) is 4.79 Å². The van der Waals surface area contributed by atoms with E-state index >= 15 is 0 Å². The van der Waals surface area contributed by atoms with Gasteiger partial charge in [0.1, 0.15) is 0 Å². The second-order valence-corrected chi connectivity index (χ2v) is 5.00. The van der Waals surface area contributed by atoms with Crippen molar-refractivity contribution in [2.45, 2.75) is 26.3 Å². The van der Waals surface area contributed by atoms with Crippen LogP contribution in [0.1, 0.15) is 30.5 Å². The van der Waals surface area contributed by atoms with Crippen molar-refractivity contribution in [3.8, 4) is 0 Å². The molecule has 2 unspecified atom stereocenters. The van der Waals surface area contributed by atoms with Gasteiger partial charge in [-0.25, -0.2) is 0 Å². The zero-order valence-corrected chi connectivity index (χ0v) is 11.0. The summed E-state index contributed by atoms with van der Waals surface area (Å²) in [4.78, 5) is 10.8. The van der Waals surface area contributed by atoms with Gasteiger partial charge in [-0.15, -0.1) is 0 Å². The number of carboxylic acid groups (broad SMARTS) is 1. The van der Waals surface area contributed by atoms with Crippen LogP contribution in [0, 0.1) is 12.8 Å². The van der Waals surface area contributed by atoms with E-state index in [4.69, 9.17) is 10.8 Å². The summed E-state index contributed by atoms with van der Waals surface area (Å²) in [6.07, 6.45) is 0.451. The molecule has 0 aliphatic rings. The lowest BCUT2D eigenvalue weighted by Gasteiger charge is -2.17. The van der Waals surface area contributed by atoms with Crippen LogP contribution in [0.5, 0.6) is 0 Å². The van der Waals surface area contributed by atoms with Crippen molar-refractivity contribution < 1.29 is 9.90 Å². The van der Waals surface area contributed by atoms with E-state index in [1.807, 2.05) is 25.1 Å². The van der Waals surface area contributed by atoms with Crippen LogP contribution in [0.4, 0.5) is 0 Å². The third-order valence-corrected chi connectivity index (χ3v) is 3.16. The van der Waals surface area contributed by atoms with Gasteiger partial charge in [-0.3, -0.25) is 4.79 Å². The highest BCUT2D eigenvalue weighted by Crippen LogP contribution is 2.25. The molecule has 88 valence electrons. The molecule has 1 rings (SSSR count). The summed E-state index contributed by atoms with van der Waals surface area (Å²) in [5.41, 5.74) is 8.11. The second-order valence-electron chi connectivity index (χ2n) is 4.08. The lowest BCUT2D eigenvalue weighted by molar-refractivity contribution is -0.141. The Morgan fingerprint density at radius 2 is 2.19 bits per heavy atom. The SMILES string of the molecule is Cc1ccc(Br)cc1C(N)CC(C)C(=O)O. The van der Waals surface area contributed by atoms with Crippen LogP contribution >= 0.6 is 15.9 Å². The van der Waals surface area contributed by atoms with E-state index in [9.17, 15) is 4.79 Å². The highest BCUT2D eigenvalue weighted by atomic mass is 79.9. The predicted molar refractivity (Wildman–Crippen MR) is 67.2 cm³/mol. The Bertz CT molecular complexity index is 393. The van der Waals surface area contributed by atoms with Gasteiger partial charge in [0.15, 0.2) is 0 Å². The third-order valence-electron chi connectivity index (χ3n) is 2.67. The number of hydrogen-bond donors (Lipinski definition) is 2. The van der Waals surface area contributed by atoms with Crippen molar-refractivity contribution in [3.05, 3.63) is 33.8 Å². The number of benzene rings is 1. The minimum atomic E-state index is -0.803. The second kappa shape index (κ2) is 5.46. The molecule has 0 spiro atoms.